The molecule has 3 aliphatic rings. The van der Waals surface area contributed by atoms with Crippen LogP contribution in [0.3, 0.4) is 0 Å². The van der Waals surface area contributed by atoms with Gasteiger partial charge in [-0.25, -0.2) is 22.6 Å². The summed E-state index contributed by atoms with van der Waals surface area (Å²) >= 11 is 0. The number of anilines is 1. The van der Waals surface area contributed by atoms with Crippen molar-refractivity contribution >= 4 is 21.6 Å². The molecule has 1 amide bonds. The number of likely N-dealkylation sites (tertiary alicyclic amines) is 1. The Bertz CT molecular complexity index is 1930. The van der Waals surface area contributed by atoms with E-state index in [-0.39, 0.29) is 33.5 Å². The fourth-order valence-corrected chi connectivity index (χ4v) is 10.2. The van der Waals surface area contributed by atoms with Crippen molar-refractivity contribution in [1.82, 2.24) is 29.5 Å². The summed E-state index contributed by atoms with van der Waals surface area (Å²) in [6.07, 6.45) is 10.6. The van der Waals surface area contributed by atoms with Crippen LogP contribution in [0.2, 0.25) is 0 Å². The van der Waals surface area contributed by atoms with Gasteiger partial charge in [0, 0.05) is 81.8 Å². The van der Waals surface area contributed by atoms with Gasteiger partial charge < -0.3 is 24.4 Å². The van der Waals surface area contributed by atoms with E-state index in [2.05, 4.69) is 35.8 Å². The number of benzene rings is 2. The number of carbonyl (C=O) groups is 1. The standard InChI is InChI=1S/C38H48FN7O4S/c1-27-41-16-19-45(27)26-38(30-6-4-7-31(39)20-30,35-8-5-9-36(35)50-37(47)40-2)29-14-17-44(18-15-29)22-28-23-46(24-28)32-10-12-33(13-11-32)51(48,49)34-21-42-43(3)25-34/h4,6-7,10-13,16,19-21,25,28-29,35-36H,5,8-9,14-15,17-18,22-24,26H2,1-3H3,(H,40,47)/t35-,36-,38?/m1/s1. The van der Waals surface area contributed by atoms with Crippen LogP contribution in [0, 0.1) is 30.5 Å². The molecule has 1 saturated carbocycles. The van der Waals surface area contributed by atoms with Gasteiger partial charge in [-0.15, -0.1) is 0 Å². The number of halogens is 1. The Kier molecular flexibility index (Phi) is 9.95. The molecule has 11 nitrogen and oxygen atoms in total. The lowest BCUT2D eigenvalue weighted by molar-refractivity contribution is 0.00168. The van der Waals surface area contributed by atoms with Crippen molar-refractivity contribution in [3.8, 4) is 0 Å². The highest BCUT2D eigenvalue weighted by atomic mass is 32.2. The van der Waals surface area contributed by atoms with Gasteiger partial charge in [-0.2, -0.15) is 5.10 Å². The summed E-state index contributed by atoms with van der Waals surface area (Å²) in [4.78, 5) is 22.4. The van der Waals surface area contributed by atoms with Gasteiger partial charge in [-0.3, -0.25) is 4.68 Å². The van der Waals surface area contributed by atoms with Crippen LogP contribution in [-0.2, 0) is 33.6 Å². The number of rotatable bonds is 11. The normalized spacial score (nSPS) is 21.7. The van der Waals surface area contributed by atoms with Gasteiger partial charge >= 0.3 is 6.09 Å². The smallest absolute Gasteiger partial charge is 0.407 e. The number of piperidine rings is 1. The third-order valence-corrected chi connectivity index (χ3v) is 13.3. The van der Waals surface area contributed by atoms with Crippen LogP contribution >= 0.6 is 0 Å². The van der Waals surface area contributed by atoms with Crippen LogP contribution < -0.4 is 10.2 Å². The number of amides is 1. The molecule has 2 saturated heterocycles. The van der Waals surface area contributed by atoms with Crippen molar-refractivity contribution in [2.75, 3.05) is 44.7 Å². The molecule has 13 heteroatoms. The molecule has 3 atom stereocenters. The van der Waals surface area contributed by atoms with E-state index < -0.39 is 21.3 Å². The molecule has 1 aliphatic carbocycles. The number of aromatic nitrogens is 4. The average Bonchev–Trinajstić information content (AvgIpc) is 3.87. The average molecular weight is 718 g/mol. The number of ether oxygens (including phenoxy) is 1. The fourth-order valence-electron chi connectivity index (χ4n) is 8.98. The van der Waals surface area contributed by atoms with E-state index in [4.69, 9.17) is 4.74 Å². The Hall–Kier alpha value is -4.23. The highest BCUT2D eigenvalue weighted by Gasteiger charge is 2.53. The predicted molar refractivity (Wildman–Crippen MR) is 192 cm³/mol. The predicted octanol–water partition coefficient (Wildman–Crippen LogP) is 5.21. The van der Waals surface area contributed by atoms with Crippen molar-refractivity contribution in [2.45, 2.75) is 66.9 Å². The van der Waals surface area contributed by atoms with Crippen molar-refractivity contribution < 1.29 is 22.3 Å². The summed E-state index contributed by atoms with van der Waals surface area (Å²) in [6, 6.07) is 14.2. The summed E-state index contributed by atoms with van der Waals surface area (Å²) in [5.41, 5.74) is 1.54. The molecule has 3 fully saturated rings. The Morgan fingerprint density at radius 2 is 1.82 bits per heavy atom. The number of alkyl carbamates (subject to hydrolysis) is 1. The molecule has 0 radical (unpaired) electrons. The van der Waals surface area contributed by atoms with Crippen LogP contribution in [-0.4, -0.2) is 84.6 Å². The zero-order valence-electron chi connectivity index (χ0n) is 29.6. The molecular formula is C38H48FN7O4S. The van der Waals surface area contributed by atoms with Crippen molar-refractivity contribution in [2.24, 2.45) is 24.8 Å². The van der Waals surface area contributed by atoms with E-state index in [1.807, 2.05) is 37.5 Å². The van der Waals surface area contributed by atoms with Gasteiger partial charge in [0.25, 0.3) is 0 Å². The van der Waals surface area contributed by atoms with Gasteiger partial charge in [0.05, 0.1) is 11.1 Å². The lowest BCUT2D eigenvalue weighted by atomic mass is 9.58. The largest absolute Gasteiger partial charge is 0.446 e. The molecular weight excluding hydrogens is 670 g/mol. The SMILES string of the molecule is CNC(=O)O[C@@H]1CCC[C@H]1C(Cn1ccnc1C)(c1cccc(F)c1)C1CCN(CC2CN(c3ccc(S(=O)(=O)c4cnn(C)c4)cc3)C2)CC1. The van der Waals surface area contributed by atoms with Crippen molar-refractivity contribution in [3.05, 3.63) is 90.5 Å². The van der Waals surface area contributed by atoms with Crippen LogP contribution in [0.4, 0.5) is 14.9 Å². The Morgan fingerprint density at radius 1 is 1.06 bits per heavy atom. The van der Waals surface area contributed by atoms with Crippen molar-refractivity contribution in [3.63, 3.8) is 0 Å². The number of nitrogens with zero attached hydrogens (tertiary/aromatic N) is 6. The number of hydrogen-bond donors (Lipinski definition) is 1. The number of carbonyl (C=O) groups excluding carboxylic acids is 1. The summed E-state index contributed by atoms with van der Waals surface area (Å²) < 4.78 is 50.8. The van der Waals surface area contributed by atoms with Gasteiger partial charge in [-0.05, 0) is 100.0 Å². The molecule has 272 valence electrons. The van der Waals surface area contributed by atoms with Crippen LogP contribution in [0.5, 0.6) is 0 Å². The van der Waals surface area contributed by atoms with Crippen molar-refractivity contribution in [1.29, 1.82) is 0 Å². The maximum absolute atomic E-state index is 15.1. The molecule has 2 aromatic heterocycles. The highest BCUT2D eigenvalue weighted by molar-refractivity contribution is 7.91. The van der Waals surface area contributed by atoms with E-state index in [1.54, 1.807) is 32.3 Å². The summed E-state index contributed by atoms with van der Waals surface area (Å²) in [5.74, 6) is 1.45. The molecule has 1 N–H and O–H groups in total. The van der Waals surface area contributed by atoms with E-state index in [9.17, 15) is 13.2 Å². The first-order chi connectivity index (χ1) is 24.6. The summed E-state index contributed by atoms with van der Waals surface area (Å²) in [7, 11) is -0.314. The quantitative estimate of drug-likeness (QED) is 0.225. The van der Waals surface area contributed by atoms with Gasteiger partial charge in [0.15, 0.2) is 0 Å². The topological polar surface area (TPSA) is 115 Å². The second kappa shape index (κ2) is 14.4. The third kappa shape index (κ3) is 7.02. The lowest BCUT2D eigenvalue weighted by Gasteiger charge is -2.51. The lowest BCUT2D eigenvalue weighted by Crippen LogP contribution is -2.55. The molecule has 0 bridgehead atoms. The molecule has 51 heavy (non-hydrogen) atoms. The fraction of sp³-hybridized carbons (Fsp3) is 0.500. The third-order valence-electron chi connectivity index (χ3n) is 11.6. The molecule has 4 heterocycles. The summed E-state index contributed by atoms with van der Waals surface area (Å²) in [5, 5.41) is 6.64. The number of aryl methyl sites for hydroxylation is 2. The van der Waals surface area contributed by atoms with E-state index in [1.165, 1.54) is 23.1 Å². The van der Waals surface area contributed by atoms with E-state index >= 15 is 4.39 Å². The molecule has 0 spiro atoms. The minimum Gasteiger partial charge on any atom is -0.446 e. The monoisotopic (exact) mass is 717 g/mol. The molecule has 2 aromatic carbocycles. The number of sulfone groups is 1. The van der Waals surface area contributed by atoms with Gasteiger partial charge in [0.2, 0.25) is 9.84 Å². The minimum atomic E-state index is -3.60. The first-order valence-electron chi connectivity index (χ1n) is 18.0. The van der Waals surface area contributed by atoms with Crippen LogP contribution in [0.1, 0.15) is 43.5 Å². The van der Waals surface area contributed by atoms with Crippen LogP contribution in [0.15, 0.2) is 83.1 Å². The first-order valence-corrected chi connectivity index (χ1v) is 19.5. The maximum atomic E-state index is 15.1. The Labute approximate surface area is 299 Å². The number of hydrogen-bond acceptors (Lipinski definition) is 8. The molecule has 1 unspecified atom stereocenters. The maximum Gasteiger partial charge on any atom is 0.407 e. The minimum absolute atomic E-state index is 0.0286. The Morgan fingerprint density at radius 3 is 2.47 bits per heavy atom. The van der Waals surface area contributed by atoms with E-state index in [0.717, 1.165) is 81.9 Å². The molecule has 2 aliphatic heterocycles. The molecule has 7 rings (SSSR count). The second-order valence-electron chi connectivity index (χ2n) is 14.6. The van der Waals surface area contributed by atoms with Gasteiger partial charge in [-0.1, -0.05) is 12.1 Å². The van der Waals surface area contributed by atoms with Gasteiger partial charge in [0.1, 0.15) is 22.6 Å². The Balaban J connectivity index is 1.05. The highest BCUT2D eigenvalue weighted by Crippen LogP contribution is 2.52. The zero-order valence-corrected chi connectivity index (χ0v) is 30.4. The first kappa shape index (κ1) is 35.2. The van der Waals surface area contributed by atoms with E-state index in [0.29, 0.717) is 12.5 Å². The molecule has 4 aromatic rings. The summed E-state index contributed by atoms with van der Waals surface area (Å²) in [6.45, 7) is 7.37. The number of imidazole rings is 1. The second-order valence-corrected chi connectivity index (χ2v) is 16.5. The van der Waals surface area contributed by atoms with Crippen LogP contribution in [0.25, 0.3) is 0 Å². The zero-order chi connectivity index (χ0) is 35.8. The number of nitrogens with one attached hydrogen (secondary N) is 1.